The number of nitrogens with one attached hydrogen (secondary N) is 2. The Bertz CT molecular complexity index is 1230. The van der Waals surface area contributed by atoms with Gasteiger partial charge in [-0.15, -0.1) is 0 Å². The van der Waals surface area contributed by atoms with Crippen molar-refractivity contribution in [1.82, 2.24) is 30.3 Å². The van der Waals surface area contributed by atoms with Gasteiger partial charge in [0.1, 0.15) is 29.4 Å². The molecule has 11 nitrogen and oxygen atoms in total. The molecule has 5 heterocycles. The van der Waals surface area contributed by atoms with Gasteiger partial charge in [-0.05, 0) is 32.0 Å². The van der Waals surface area contributed by atoms with Crippen LogP contribution in [0.4, 0.5) is 5.82 Å². The monoisotopic (exact) mass is 459 g/mol. The highest BCUT2D eigenvalue weighted by atomic mass is 32.2. The Balaban J connectivity index is 1.24. The Morgan fingerprint density at radius 3 is 2.91 bits per heavy atom. The number of fused-ring (bicyclic) bond motifs is 2. The number of aromatic amines is 1. The lowest BCUT2D eigenvalue weighted by Crippen LogP contribution is -2.35. The van der Waals surface area contributed by atoms with Gasteiger partial charge in [-0.25, -0.2) is 18.4 Å². The van der Waals surface area contributed by atoms with E-state index < -0.39 is 15.7 Å². The predicted molar refractivity (Wildman–Crippen MR) is 117 cm³/mol. The molecule has 0 aromatic carbocycles. The quantitative estimate of drug-likeness (QED) is 0.523. The fourth-order valence-corrected chi connectivity index (χ4v) is 5.69. The average Bonchev–Trinajstić information content (AvgIpc) is 3.52. The van der Waals surface area contributed by atoms with Crippen LogP contribution < -0.4 is 10.2 Å². The van der Waals surface area contributed by atoms with Gasteiger partial charge < -0.3 is 19.7 Å². The number of hydrogen-bond acceptors (Lipinski definition) is 9. The molecule has 5 rings (SSSR count). The zero-order valence-corrected chi connectivity index (χ0v) is 18.4. The van der Waals surface area contributed by atoms with E-state index in [2.05, 4.69) is 30.3 Å². The number of nitrogens with zero attached hydrogens (tertiary/aromatic N) is 5. The van der Waals surface area contributed by atoms with Crippen molar-refractivity contribution in [3.05, 3.63) is 35.6 Å². The second kappa shape index (κ2) is 8.51. The number of sulfone groups is 1. The highest BCUT2D eigenvalue weighted by molar-refractivity contribution is 7.91. The van der Waals surface area contributed by atoms with Crippen molar-refractivity contribution < 1.29 is 17.7 Å². The van der Waals surface area contributed by atoms with Crippen molar-refractivity contribution in [3.63, 3.8) is 0 Å². The Labute approximate surface area is 185 Å². The maximum Gasteiger partial charge on any atom is 0.273 e. The van der Waals surface area contributed by atoms with Gasteiger partial charge in [0.25, 0.3) is 5.91 Å². The molecule has 0 radical (unpaired) electrons. The second-order valence-corrected chi connectivity index (χ2v) is 10.4. The van der Waals surface area contributed by atoms with Crippen LogP contribution in [0.25, 0.3) is 11.0 Å². The van der Waals surface area contributed by atoms with Crippen LogP contribution in [0, 0.1) is 0 Å². The smallest absolute Gasteiger partial charge is 0.273 e. The van der Waals surface area contributed by atoms with Crippen LogP contribution in [0.3, 0.4) is 0 Å². The lowest BCUT2D eigenvalue weighted by atomic mass is 10.1. The molecule has 1 saturated heterocycles. The van der Waals surface area contributed by atoms with Crippen molar-refractivity contribution in [2.24, 2.45) is 0 Å². The summed E-state index contributed by atoms with van der Waals surface area (Å²) < 4.78 is 30.0. The minimum Gasteiger partial charge on any atom is -0.360 e. The van der Waals surface area contributed by atoms with E-state index in [1.54, 1.807) is 0 Å². The van der Waals surface area contributed by atoms with Crippen LogP contribution in [0.2, 0.25) is 0 Å². The van der Waals surface area contributed by atoms with Gasteiger partial charge in [-0.1, -0.05) is 5.16 Å². The van der Waals surface area contributed by atoms with Crippen molar-refractivity contribution in [1.29, 1.82) is 0 Å². The molecule has 12 heteroatoms. The highest BCUT2D eigenvalue weighted by Crippen LogP contribution is 2.29. The molecule has 2 N–H and O–H groups in total. The van der Waals surface area contributed by atoms with Gasteiger partial charge in [0.2, 0.25) is 0 Å². The molecule has 3 aromatic heterocycles. The summed E-state index contributed by atoms with van der Waals surface area (Å²) in [6.07, 6.45) is 5.98. The second-order valence-electron chi connectivity index (χ2n) is 8.20. The van der Waals surface area contributed by atoms with E-state index in [0.717, 1.165) is 42.8 Å². The summed E-state index contributed by atoms with van der Waals surface area (Å²) in [4.78, 5) is 28.5. The van der Waals surface area contributed by atoms with E-state index in [9.17, 15) is 13.2 Å². The molecule has 0 spiro atoms. The first-order valence-electron chi connectivity index (χ1n) is 10.7. The Hall–Kier alpha value is -2.99. The first-order valence-corrected chi connectivity index (χ1v) is 12.5. The minimum atomic E-state index is -3.26. The zero-order chi connectivity index (χ0) is 22.1. The van der Waals surface area contributed by atoms with Gasteiger partial charge >= 0.3 is 0 Å². The molecule has 0 atom stereocenters. The molecule has 170 valence electrons. The molecular weight excluding hydrogens is 434 g/mol. The molecule has 2 aliphatic heterocycles. The van der Waals surface area contributed by atoms with Crippen LogP contribution in [0.15, 0.2) is 23.1 Å². The Kier molecular flexibility index (Phi) is 5.55. The van der Waals surface area contributed by atoms with E-state index in [1.165, 1.54) is 6.33 Å². The number of carbonyl (C=O) groups is 1. The molecule has 0 unspecified atom stereocenters. The number of H-pyrrole nitrogens is 1. The van der Waals surface area contributed by atoms with Gasteiger partial charge in [-0.2, -0.15) is 0 Å². The van der Waals surface area contributed by atoms with Crippen molar-refractivity contribution in [2.75, 3.05) is 42.7 Å². The first-order chi connectivity index (χ1) is 15.5. The molecule has 1 amide bonds. The van der Waals surface area contributed by atoms with E-state index in [4.69, 9.17) is 4.52 Å². The van der Waals surface area contributed by atoms with E-state index in [1.807, 2.05) is 17.2 Å². The normalized spacial score (nSPS) is 17.1. The molecule has 0 saturated carbocycles. The zero-order valence-electron chi connectivity index (χ0n) is 17.6. The molecule has 1 fully saturated rings. The number of rotatable bonds is 7. The summed E-state index contributed by atoms with van der Waals surface area (Å²) in [6, 6.07) is 1.92. The SMILES string of the molecule is O=C(NCCS(=O)(=O)CN1CCCC1)c1noc2c1CN(c1ncnc3[nH]ccc13)CC2. The number of hydrogen-bond donors (Lipinski definition) is 2. The van der Waals surface area contributed by atoms with Crippen LogP contribution in [-0.4, -0.2) is 77.1 Å². The third kappa shape index (κ3) is 4.19. The Morgan fingerprint density at radius 2 is 2.06 bits per heavy atom. The van der Waals surface area contributed by atoms with Gasteiger partial charge in [0, 0.05) is 31.3 Å². The van der Waals surface area contributed by atoms with Gasteiger partial charge in [0.15, 0.2) is 15.5 Å². The number of amides is 1. The minimum absolute atomic E-state index is 0.0379. The standard InChI is InChI=1S/C20H25N7O4S/c28-20(22-6-10-32(29,30)13-26-7-1-2-8-26)17-15-11-27(9-4-16(15)31-25-17)19-14-3-5-21-18(14)23-12-24-19/h3,5,12H,1-2,4,6-11,13H2,(H,22,28)(H,21,23,24). The molecule has 0 aliphatic carbocycles. The lowest BCUT2D eigenvalue weighted by molar-refractivity contribution is 0.0946. The van der Waals surface area contributed by atoms with E-state index in [-0.39, 0.29) is 23.9 Å². The summed E-state index contributed by atoms with van der Waals surface area (Å²) >= 11 is 0. The lowest BCUT2D eigenvalue weighted by Gasteiger charge is -2.27. The number of aromatic nitrogens is 4. The maximum absolute atomic E-state index is 12.7. The number of anilines is 1. The largest absolute Gasteiger partial charge is 0.360 e. The third-order valence-electron chi connectivity index (χ3n) is 5.95. The summed E-state index contributed by atoms with van der Waals surface area (Å²) in [5.41, 5.74) is 1.65. The summed E-state index contributed by atoms with van der Waals surface area (Å²) in [5.74, 6) is 0.968. The highest BCUT2D eigenvalue weighted by Gasteiger charge is 2.29. The van der Waals surface area contributed by atoms with E-state index in [0.29, 0.717) is 30.8 Å². The van der Waals surface area contributed by atoms with Crippen LogP contribution in [-0.2, 0) is 22.8 Å². The predicted octanol–water partition coefficient (Wildman–Crippen LogP) is 0.706. The fraction of sp³-hybridized carbons (Fsp3) is 0.500. The Morgan fingerprint density at radius 1 is 1.22 bits per heavy atom. The first kappa shape index (κ1) is 20.9. The molecular formula is C20H25N7O4S. The van der Waals surface area contributed by atoms with Gasteiger partial charge in [-0.3, -0.25) is 9.69 Å². The van der Waals surface area contributed by atoms with Crippen LogP contribution in [0.5, 0.6) is 0 Å². The average molecular weight is 460 g/mol. The summed E-state index contributed by atoms with van der Waals surface area (Å²) in [7, 11) is -3.26. The van der Waals surface area contributed by atoms with Crippen molar-refractivity contribution in [3.8, 4) is 0 Å². The summed E-state index contributed by atoms with van der Waals surface area (Å²) in [6.45, 7) is 2.76. The van der Waals surface area contributed by atoms with Crippen molar-refractivity contribution >= 4 is 32.6 Å². The number of carbonyl (C=O) groups excluding carboxylic acids is 1. The topological polar surface area (TPSA) is 137 Å². The third-order valence-corrected chi connectivity index (χ3v) is 7.54. The van der Waals surface area contributed by atoms with Crippen molar-refractivity contribution in [2.45, 2.75) is 25.8 Å². The number of likely N-dealkylation sites (tertiary alicyclic amines) is 1. The van der Waals surface area contributed by atoms with Crippen LogP contribution >= 0.6 is 0 Å². The molecule has 0 bridgehead atoms. The van der Waals surface area contributed by atoms with E-state index >= 15 is 0 Å². The molecule has 3 aromatic rings. The summed E-state index contributed by atoms with van der Waals surface area (Å²) in [5, 5.41) is 7.56. The molecule has 2 aliphatic rings. The van der Waals surface area contributed by atoms with Crippen LogP contribution in [0.1, 0.15) is 34.7 Å². The maximum atomic E-state index is 12.7. The van der Waals surface area contributed by atoms with Gasteiger partial charge in [0.05, 0.1) is 17.7 Å². The molecule has 32 heavy (non-hydrogen) atoms. The fourth-order valence-electron chi connectivity index (χ4n) is 4.34.